The van der Waals surface area contributed by atoms with Gasteiger partial charge in [-0.3, -0.25) is 0 Å². The Kier molecular flexibility index (Phi) is 111. The molecule has 0 fully saturated rings. The standard InChI is InChI=1S/Al.Er.La.H4Si.3H/h;;;1H4;;;. The van der Waals surface area contributed by atoms with E-state index in [0.29, 0.717) is 0 Å². The topological polar surface area (TPSA) is 0 Å². The maximum absolute atomic E-state index is 0. The van der Waals surface area contributed by atoms with Crippen molar-refractivity contribution < 1.29 is 72.9 Å². The van der Waals surface area contributed by atoms with Crippen molar-refractivity contribution in [3.63, 3.8) is 0 Å². The van der Waals surface area contributed by atoms with Crippen LogP contribution in [-0.4, -0.2) is 28.3 Å². The van der Waals surface area contributed by atoms with Gasteiger partial charge in [0.25, 0.3) is 0 Å². The molecule has 0 aromatic heterocycles. The first kappa shape index (κ1) is 27.1. The van der Waals surface area contributed by atoms with Crippen LogP contribution >= 0.6 is 0 Å². The van der Waals surface area contributed by atoms with Crippen molar-refractivity contribution >= 4 is 28.3 Å². The van der Waals surface area contributed by atoms with E-state index in [1.54, 1.807) is 0 Å². The summed E-state index contributed by atoms with van der Waals surface area (Å²) < 4.78 is 0. The zero-order chi connectivity index (χ0) is 0. The van der Waals surface area contributed by atoms with E-state index >= 15 is 0 Å². The first-order valence-corrected chi connectivity index (χ1v) is 0. The second-order valence-electron chi connectivity index (χ2n) is 0. The second kappa shape index (κ2) is 16.4. The third-order valence-corrected chi connectivity index (χ3v) is 0. The van der Waals surface area contributed by atoms with Crippen LogP contribution in [0, 0.1) is 72.9 Å². The Balaban J connectivity index is 0. The summed E-state index contributed by atoms with van der Waals surface area (Å²) in [4.78, 5) is 0. The third kappa shape index (κ3) is 8.95. The van der Waals surface area contributed by atoms with Gasteiger partial charge in [0.1, 0.15) is 0 Å². The van der Waals surface area contributed by atoms with Crippen molar-refractivity contribution in [1.29, 1.82) is 0 Å². The van der Waals surface area contributed by atoms with Crippen molar-refractivity contribution in [3.8, 4) is 0 Å². The van der Waals surface area contributed by atoms with Crippen LogP contribution in [0.1, 0.15) is 0 Å². The zero-order valence-corrected chi connectivity index (χ0v) is 6.34. The van der Waals surface area contributed by atoms with Crippen molar-refractivity contribution in [1.82, 2.24) is 0 Å². The minimum Gasteiger partial charge on any atom is -0.0149 e. The summed E-state index contributed by atoms with van der Waals surface area (Å²) in [5.74, 6) is 0. The van der Waals surface area contributed by atoms with Gasteiger partial charge in [0.2, 0.25) is 0 Å². The van der Waals surface area contributed by atoms with Crippen LogP contribution in [0.25, 0.3) is 0 Å². The molecular formula is H7AlErLaSi. The molecule has 0 saturated carbocycles. The van der Waals surface area contributed by atoms with Gasteiger partial charge in [-0.15, -0.1) is 0 Å². The normalized spacial score (nSPS) is 0. The summed E-state index contributed by atoms with van der Waals surface area (Å²) in [6.07, 6.45) is 0. The van der Waals surface area contributed by atoms with Crippen molar-refractivity contribution in [2.75, 3.05) is 0 Å². The molecule has 0 atom stereocenters. The van der Waals surface area contributed by atoms with Gasteiger partial charge in [-0.05, 0) is 11.0 Å². The summed E-state index contributed by atoms with van der Waals surface area (Å²) >= 11 is 0. The average Bonchev–Trinajstić information content (AvgIpc) is 0. The largest absolute Gasteiger partial charge is 0.187 e. The molecule has 0 N–H and O–H groups in total. The van der Waals surface area contributed by atoms with Crippen LogP contribution < -0.4 is 0 Å². The molecular weight excluding hydrogens is 361 g/mol. The van der Waals surface area contributed by atoms with Gasteiger partial charge in [-0.25, -0.2) is 0 Å². The van der Waals surface area contributed by atoms with E-state index in [1.165, 1.54) is 0 Å². The fourth-order valence-electron chi connectivity index (χ4n) is 0. The predicted octanol–water partition coefficient (Wildman–Crippen LogP) is -2.64. The molecule has 0 nitrogen and oxygen atoms in total. The second-order valence-corrected chi connectivity index (χ2v) is 0. The Bertz CT molecular complexity index is 8.00. The fraction of sp³-hybridized carbons (Fsp3) is 0. The molecule has 4 heavy (non-hydrogen) atoms. The molecule has 0 saturated heterocycles. The summed E-state index contributed by atoms with van der Waals surface area (Å²) in [7, 11) is 0. The molecule has 0 aliphatic heterocycles. The molecule has 0 aromatic rings. The molecule has 0 aromatic carbocycles. The molecule has 4 heteroatoms. The van der Waals surface area contributed by atoms with Crippen LogP contribution in [-0.2, 0) is 0 Å². The quantitative estimate of drug-likeness (QED) is 0.411. The van der Waals surface area contributed by atoms with Crippen LogP contribution in [0.5, 0.6) is 0 Å². The third-order valence-electron chi connectivity index (χ3n) is 0. The van der Waals surface area contributed by atoms with E-state index in [1.807, 2.05) is 0 Å². The Hall–Kier alpha value is 3.19. The number of rotatable bonds is 0. The Morgan fingerprint density at radius 1 is 1.00 bits per heavy atom. The van der Waals surface area contributed by atoms with E-state index in [4.69, 9.17) is 0 Å². The smallest absolute Gasteiger partial charge is 0.0149 e. The van der Waals surface area contributed by atoms with Crippen LogP contribution in [0.3, 0.4) is 0 Å². The fourth-order valence-corrected chi connectivity index (χ4v) is 0. The Morgan fingerprint density at radius 2 is 1.00 bits per heavy atom. The van der Waals surface area contributed by atoms with Crippen molar-refractivity contribution in [3.05, 3.63) is 0 Å². The van der Waals surface area contributed by atoms with Gasteiger partial charge in [-0.1, -0.05) is 0 Å². The first-order chi connectivity index (χ1) is 0. The Labute approximate surface area is 98.8 Å². The molecule has 0 heterocycles. The van der Waals surface area contributed by atoms with E-state index in [0.717, 1.165) is 0 Å². The van der Waals surface area contributed by atoms with Gasteiger partial charge in [0.05, 0.1) is 0 Å². The monoisotopic (exact) mass is 367 g/mol. The van der Waals surface area contributed by atoms with Gasteiger partial charge < -0.3 is 0 Å². The number of hydrogen-bond acceptors (Lipinski definition) is 0. The molecule has 0 unspecified atom stereocenters. The first-order valence-electron chi connectivity index (χ1n) is 0. The van der Waals surface area contributed by atoms with E-state index < -0.39 is 0 Å². The zero-order valence-electron chi connectivity index (χ0n) is 0.866. The summed E-state index contributed by atoms with van der Waals surface area (Å²) in [6, 6.07) is 0. The maximum Gasteiger partial charge on any atom is 0.187 e. The predicted molar refractivity (Wildman–Crippen MR) is 21.3 cm³/mol. The molecule has 0 rings (SSSR count). The van der Waals surface area contributed by atoms with Gasteiger partial charge >= 0.3 is 0 Å². The van der Waals surface area contributed by atoms with E-state index in [2.05, 4.69) is 0 Å². The van der Waals surface area contributed by atoms with E-state index in [9.17, 15) is 0 Å². The van der Waals surface area contributed by atoms with Gasteiger partial charge in [-0.2, -0.15) is 0 Å². The molecule has 1 radical (unpaired) electrons. The molecule has 0 amide bonds. The number of hydrogen-bond donors (Lipinski definition) is 0. The van der Waals surface area contributed by atoms with Gasteiger partial charge in [0.15, 0.2) is 17.4 Å². The summed E-state index contributed by atoms with van der Waals surface area (Å²) in [5, 5.41) is 0. The van der Waals surface area contributed by atoms with Crippen LogP contribution in [0.15, 0.2) is 0 Å². The molecule has 0 spiro atoms. The minimum absolute atomic E-state index is 0. The van der Waals surface area contributed by atoms with Crippen LogP contribution in [0.2, 0.25) is 0 Å². The Morgan fingerprint density at radius 3 is 1.00 bits per heavy atom. The molecule has 0 aliphatic rings. The molecule has 29 valence electrons. The SMILES string of the molecule is [AlH3].[Er].[La].[SiH4]. The maximum atomic E-state index is 0. The van der Waals surface area contributed by atoms with Crippen molar-refractivity contribution in [2.45, 2.75) is 0 Å². The molecule has 0 aliphatic carbocycles. The minimum atomic E-state index is 0. The van der Waals surface area contributed by atoms with Crippen molar-refractivity contribution in [2.24, 2.45) is 0 Å². The van der Waals surface area contributed by atoms with Gasteiger partial charge in [0, 0.05) is 72.9 Å². The van der Waals surface area contributed by atoms with E-state index in [-0.39, 0.29) is 101 Å². The average molecular weight is 368 g/mol. The summed E-state index contributed by atoms with van der Waals surface area (Å²) in [6.45, 7) is 0. The summed E-state index contributed by atoms with van der Waals surface area (Å²) in [5.41, 5.74) is 0. The molecule has 0 bridgehead atoms. The van der Waals surface area contributed by atoms with Crippen LogP contribution in [0.4, 0.5) is 0 Å².